The molecular weight excluding hydrogens is 516 g/mol. The highest BCUT2D eigenvalue weighted by Gasteiger charge is 2.32. The van der Waals surface area contributed by atoms with Gasteiger partial charge >= 0.3 is 0 Å². The first kappa shape index (κ1) is 23.9. The summed E-state index contributed by atoms with van der Waals surface area (Å²) >= 11 is 7.64. The molecule has 0 saturated carbocycles. The predicted octanol–water partition coefficient (Wildman–Crippen LogP) is 4.25. The molecule has 1 aromatic heterocycles. The van der Waals surface area contributed by atoms with Gasteiger partial charge in [0.1, 0.15) is 0 Å². The number of sulfonamides is 1. The molecule has 3 aromatic rings. The highest BCUT2D eigenvalue weighted by Crippen LogP contribution is 2.31. The number of carbonyl (C=O) groups excluding carboxylic acids is 1. The van der Waals surface area contributed by atoms with Gasteiger partial charge in [0.25, 0.3) is 5.91 Å². The van der Waals surface area contributed by atoms with Crippen molar-refractivity contribution in [2.45, 2.75) is 30.7 Å². The van der Waals surface area contributed by atoms with Crippen molar-refractivity contribution in [3.8, 4) is 0 Å². The van der Waals surface area contributed by atoms with E-state index in [4.69, 9.17) is 11.6 Å². The first-order chi connectivity index (χ1) is 17.4. The van der Waals surface area contributed by atoms with Gasteiger partial charge < -0.3 is 9.80 Å². The number of benzene rings is 2. The second-order valence-electron chi connectivity index (χ2n) is 9.48. The van der Waals surface area contributed by atoms with Crippen molar-refractivity contribution in [2.24, 2.45) is 4.99 Å². The molecule has 10 heteroatoms. The fourth-order valence-corrected chi connectivity index (χ4v) is 8.00. The van der Waals surface area contributed by atoms with Crippen molar-refractivity contribution in [1.29, 1.82) is 0 Å². The summed E-state index contributed by atoms with van der Waals surface area (Å²) in [4.78, 5) is 24.3. The SMILES string of the molecule is O=C(c1cc2c(s1)CCN(C1=NCCC1)C2)N1CCN(S(=O)(=O)c2ccc3cc(Cl)ccc3c2)CC1. The van der Waals surface area contributed by atoms with Gasteiger partial charge in [0.05, 0.1) is 15.6 Å². The van der Waals surface area contributed by atoms with Gasteiger partial charge in [-0.05, 0) is 59.5 Å². The molecule has 4 heterocycles. The van der Waals surface area contributed by atoms with Gasteiger partial charge in [-0.3, -0.25) is 9.79 Å². The molecule has 0 radical (unpaired) electrons. The maximum absolute atomic E-state index is 13.3. The molecule has 36 heavy (non-hydrogen) atoms. The maximum Gasteiger partial charge on any atom is 0.264 e. The van der Waals surface area contributed by atoms with Crippen LogP contribution in [0.1, 0.15) is 33.0 Å². The van der Waals surface area contributed by atoms with E-state index in [0.29, 0.717) is 18.1 Å². The van der Waals surface area contributed by atoms with E-state index in [-0.39, 0.29) is 23.9 Å². The van der Waals surface area contributed by atoms with Crippen LogP contribution >= 0.6 is 22.9 Å². The standard InChI is InChI=1S/C26H27ClN4O3S2/c27-21-5-3-19-15-22(6-4-18(19)14-21)36(33,34)31-12-10-29(11-13-31)26(32)24-16-20-17-30(9-7-23(20)35-24)25-2-1-8-28-25/h3-6,14-16H,1-2,7-13,17H2. The van der Waals surface area contributed by atoms with Crippen LogP contribution in [-0.2, 0) is 23.0 Å². The minimum atomic E-state index is -3.65. The second-order valence-corrected chi connectivity index (χ2v) is 13.0. The summed E-state index contributed by atoms with van der Waals surface area (Å²) in [5, 5.41) is 2.34. The fraction of sp³-hybridized carbons (Fsp3) is 0.385. The lowest BCUT2D eigenvalue weighted by atomic mass is 10.1. The predicted molar refractivity (Wildman–Crippen MR) is 144 cm³/mol. The van der Waals surface area contributed by atoms with Crippen molar-refractivity contribution in [2.75, 3.05) is 39.3 Å². The van der Waals surface area contributed by atoms with Crippen molar-refractivity contribution in [3.63, 3.8) is 0 Å². The van der Waals surface area contributed by atoms with Crippen LogP contribution in [0, 0.1) is 0 Å². The Bertz CT molecular complexity index is 1480. The third kappa shape index (κ3) is 4.42. The van der Waals surface area contributed by atoms with Crippen molar-refractivity contribution < 1.29 is 13.2 Å². The summed E-state index contributed by atoms with van der Waals surface area (Å²) in [6.45, 7) is 4.03. The molecule has 1 amide bonds. The largest absolute Gasteiger partial charge is 0.356 e. The van der Waals surface area contributed by atoms with E-state index in [1.54, 1.807) is 40.5 Å². The lowest BCUT2D eigenvalue weighted by molar-refractivity contribution is 0.0702. The molecule has 2 aromatic carbocycles. The Hall–Kier alpha value is -2.46. The number of fused-ring (bicyclic) bond motifs is 2. The average Bonchev–Trinajstić information content (AvgIpc) is 3.58. The highest BCUT2D eigenvalue weighted by atomic mass is 35.5. The number of halogens is 1. The Morgan fingerprint density at radius 3 is 2.50 bits per heavy atom. The van der Waals surface area contributed by atoms with E-state index in [0.717, 1.165) is 54.5 Å². The first-order valence-corrected chi connectivity index (χ1v) is 14.9. The Morgan fingerprint density at radius 2 is 1.72 bits per heavy atom. The van der Waals surface area contributed by atoms with E-state index in [1.165, 1.54) is 20.6 Å². The van der Waals surface area contributed by atoms with Crippen LogP contribution in [0.4, 0.5) is 0 Å². The monoisotopic (exact) mass is 542 g/mol. The lowest BCUT2D eigenvalue weighted by Gasteiger charge is -2.33. The Morgan fingerprint density at radius 1 is 0.944 bits per heavy atom. The highest BCUT2D eigenvalue weighted by molar-refractivity contribution is 7.89. The van der Waals surface area contributed by atoms with Gasteiger partial charge in [0, 0.05) is 62.1 Å². The Labute approximate surface area is 220 Å². The zero-order chi connectivity index (χ0) is 24.9. The zero-order valence-electron chi connectivity index (χ0n) is 19.8. The number of carbonyl (C=O) groups is 1. The Kier molecular flexibility index (Phi) is 6.27. The summed E-state index contributed by atoms with van der Waals surface area (Å²) in [5.41, 5.74) is 1.23. The van der Waals surface area contributed by atoms with Crippen LogP contribution in [-0.4, -0.2) is 73.5 Å². The topological polar surface area (TPSA) is 73.3 Å². The average molecular weight is 543 g/mol. The fourth-order valence-electron chi connectivity index (χ4n) is 5.23. The molecule has 0 unspecified atom stereocenters. The molecule has 0 bridgehead atoms. The van der Waals surface area contributed by atoms with E-state index in [9.17, 15) is 13.2 Å². The van der Waals surface area contributed by atoms with Gasteiger partial charge in [0.15, 0.2) is 0 Å². The number of aliphatic imine (C=N–C) groups is 1. The molecule has 0 spiro atoms. The molecule has 0 aliphatic carbocycles. The van der Waals surface area contributed by atoms with Crippen LogP contribution in [0.25, 0.3) is 10.8 Å². The van der Waals surface area contributed by atoms with Gasteiger partial charge in [-0.15, -0.1) is 11.3 Å². The maximum atomic E-state index is 13.3. The number of hydrogen-bond acceptors (Lipinski definition) is 6. The Balaban J connectivity index is 1.12. The summed E-state index contributed by atoms with van der Waals surface area (Å²) in [5.74, 6) is 1.20. The zero-order valence-corrected chi connectivity index (χ0v) is 22.2. The number of hydrogen-bond donors (Lipinski definition) is 0. The number of thiophene rings is 1. The molecule has 6 rings (SSSR count). The molecular formula is C26H27ClN4O3S2. The molecule has 188 valence electrons. The summed E-state index contributed by atoms with van der Waals surface area (Å²) in [7, 11) is -3.65. The lowest BCUT2D eigenvalue weighted by Crippen LogP contribution is -2.50. The smallest absolute Gasteiger partial charge is 0.264 e. The molecule has 1 fully saturated rings. The number of rotatable bonds is 3. The molecule has 7 nitrogen and oxygen atoms in total. The van der Waals surface area contributed by atoms with Crippen molar-refractivity contribution in [3.05, 3.63) is 62.8 Å². The van der Waals surface area contributed by atoms with Crippen molar-refractivity contribution in [1.82, 2.24) is 14.1 Å². The summed E-state index contributed by atoms with van der Waals surface area (Å²) < 4.78 is 28.1. The number of nitrogens with zero attached hydrogens (tertiary/aromatic N) is 4. The second kappa shape index (κ2) is 9.45. The minimum absolute atomic E-state index is 0.00112. The van der Waals surface area contributed by atoms with Gasteiger partial charge in [-0.25, -0.2) is 8.42 Å². The third-order valence-electron chi connectivity index (χ3n) is 7.23. The summed E-state index contributed by atoms with van der Waals surface area (Å²) in [6.07, 6.45) is 3.12. The summed E-state index contributed by atoms with van der Waals surface area (Å²) in [6, 6.07) is 12.5. The minimum Gasteiger partial charge on any atom is -0.356 e. The van der Waals surface area contributed by atoms with Gasteiger partial charge in [-0.1, -0.05) is 23.7 Å². The molecule has 1 saturated heterocycles. The molecule has 0 atom stereocenters. The number of piperazine rings is 1. The normalized spacial score (nSPS) is 19.0. The molecule has 3 aliphatic rings. The van der Waals surface area contributed by atoms with E-state index >= 15 is 0 Å². The van der Waals surface area contributed by atoms with E-state index < -0.39 is 10.0 Å². The third-order valence-corrected chi connectivity index (χ3v) is 10.6. The van der Waals surface area contributed by atoms with E-state index in [2.05, 4.69) is 9.89 Å². The van der Waals surface area contributed by atoms with Crippen molar-refractivity contribution >= 4 is 55.5 Å². The van der Waals surface area contributed by atoms with Crippen LogP contribution < -0.4 is 0 Å². The number of amidine groups is 1. The van der Waals surface area contributed by atoms with E-state index in [1.807, 2.05) is 18.2 Å². The van der Waals surface area contributed by atoms with Crippen LogP contribution in [0.5, 0.6) is 0 Å². The van der Waals surface area contributed by atoms with Gasteiger partial charge in [0.2, 0.25) is 10.0 Å². The molecule has 0 N–H and O–H groups in total. The number of amides is 1. The molecule has 3 aliphatic heterocycles. The quantitative estimate of drug-likeness (QED) is 0.496. The van der Waals surface area contributed by atoms with Crippen LogP contribution in [0.3, 0.4) is 0 Å². The van der Waals surface area contributed by atoms with Crippen LogP contribution in [0.2, 0.25) is 5.02 Å². The van der Waals surface area contributed by atoms with Gasteiger partial charge in [-0.2, -0.15) is 4.31 Å². The first-order valence-electron chi connectivity index (χ1n) is 12.3. The van der Waals surface area contributed by atoms with Crippen LogP contribution in [0.15, 0.2) is 52.4 Å².